The van der Waals surface area contributed by atoms with E-state index in [0.29, 0.717) is 17.2 Å². The molecule has 1 aromatic heterocycles. The van der Waals surface area contributed by atoms with Crippen LogP contribution in [0.1, 0.15) is 11.9 Å². The predicted molar refractivity (Wildman–Crippen MR) is 94.4 cm³/mol. The van der Waals surface area contributed by atoms with Gasteiger partial charge in [0.1, 0.15) is 22.4 Å². The van der Waals surface area contributed by atoms with Gasteiger partial charge >= 0.3 is 0 Å². The lowest BCUT2D eigenvalue weighted by molar-refractivity contribution is 0.340. The maximum absolute atomic E-state index is 9.39. The summed E-state index contributed by atoms with van der Waals surface area (Å²) in [6, 6.07) is 17.7. The third-order valence-electron chi connectivity index (χ3n) is 3.19. The number of para-hydroxylation sites is 1. The Morgan fingerprint density at radius 2 is 2.04 bits per heavy atom. The van der Waals surface area contributed by atoms with Crippen LogP contribution in [0.15, 0.2) is 54.7 Å². The molecule has 0 saturated carbocycles. The van der Waals surface area contributed by atoms with Crippen molar-refractivity contribution < 1.29 is 4.74 Å². The third-order valence-corrected chi connectivity index (χ3v) is 4.26. The number of aromatic nitrogens is 1. The van der Waals surface area contributed by atoms with Crippen LogP contribution >= 0.6 is 11.3 Å². The number of nitrogens with zero attached hydrogens (tertiary/aromatic N) is 2. The number of benzene rings is 2. The van der Waals surface area contributed by atoms with Gasteiger partial charge in [-0.3, -0.25) is 0 Å². The van der Waals surface area contributed by atoms with Gasteiger partial charge < -0.3 is 10.1 Å². The molecule has 0 aliphatic heterocycles. The number of allylic oxidation sites excluding steroid dienone is 1. The third kappa shape index (κ3) is 3.50. The lowest BCUT2D eigenvalue weighted by Gasteiger charge is -2.05. The minimum absolute atomic E-state index is 0.514. The van der Waals surface area contributed by atoms with Gasteiger partial charge in [-0.1, -0.05) is 12.1 Å². The van der Waals surface area contributed by atoms with Gasteiger partial charge in [-0.05, 0) is 43.3 Å². The molecule has 3 aromatic rings. The first kappa shape index (κ1) is 15.1. The average molecular weight is 321 g/mol. The summed E-state index contributed by atoms with van der Waals surface area (Å²) in [6.07, 6.45) is 1.69. The molecule has 114 valence electrons. The van der Waals surface area contributed by atoms with Crippen LogP contribution in [0, 0.1) is 11.3 Å². The minimum atomic E-state index is 0.514. The van der Waals surface area contributed by atoms with Crippen molar-refractivity contribution >= 4 is 32.8 Å². The smallest absolute Gasteiger partial charge is 0.136 e. The monoisotopic (exact) mass is 321 g/mol. The second-order valence-corrected chi connectivity index (χ2v) is 5.79. The Balaban J connectivity index is 1.80. The Morgan fingerprint density at radius 1 is 1.26 bits per heavy atom. The molecule has 0 aliphatic carbocycles. The number of anilines is 1. The second kappa shape index (κ2) is 6.95. The molecule has 0 amide bonds. The Hall–Kier alpha value is -2.84. The SMILES string of the molecule is CCOc1ccc(N/C=C(\C#N)c2nc3ccccc3s2)cc1. The summed E-state index contributed by atoms with van der Waals surface area (Å²) in [4.78, 5) is 4.50. The summed E-state index contributed by atoms with van der Waals surface area (Å²) in [5, 5.41) is 13.2. The first-order valence-corrected chi connectivity index (χ1v) is 8.07. The van der Waals surface area contributed by atoms with Crippen molar-refractivity contribution in [2.75, 3.05) is 11.9 Å². The van der Waals surface area contributed by atoms with Crippen molar-refractivity contribution in [3.8, 4) is 11.8 Å². The molecule has 2 aromatic carbocycles. The van der Waals surface area contributed by atoms with Crippen LogP contribution < -0.4 is 10.1 Å². The first-order valence-electron chi connectivity index (χ1n) is 7.26. The Labute approximate surface area is 138 Å². The van der Waals surface area contributed by atoms with Crippen LogP contribution in [-0.2, 0) is 0 Å². The standard InChI is InChI=1S/C18H15N3OS/c1-2-22-15-9-7-14(8-10-15)20-12-13(11-19)18-21-16-5-3-4-6-17(16)23-18/h3-10,12,20H,2H2,1H3/b13-12+. The van der Waals surface area contributed by atoms with Crippen LogP contribution in [0.25, 0.3) is 15.8 Å². The molecule has 1 heterocycles. The zero-order valence-electron chi connectivity index (χ0n) is 12.6. The van der Waals surface area contributed by atoms with Gasteiger partial charge in [0.05, 0.1) is 16.8 Å². The number of rotatable bonds is 5. The quantitative estimate of drug-likeness (QED) is 0.694. The lowest BCUT2D eigenvalue weighted by atomic mass is 10.3. The molecule has 23 heavy (non-hydrogen) atoms. The zero-order valence-corrected chi connectivity index (χ0v) is 13.4. The van der Waals surface area contributed by atoms with Gasteiger partial charge in [-0.15, -0.1) is 11.3 Å². The van der Waals surface area contributed by atoms with E-state index in [0.717, 1.165) is 21.7 Å². The van der Waals surface area contributed by atoms with E-state index >= 15 is 0 Å². The summed E-state index contributed by atoms with van der Waals surface area (Å²) in [5.74, 6) is 0.828. The molecule has 0 saturated heterocycles. The highest BCUT2D eigenvalue weighted by molar-refractivity contribution is 7.19. The number of hydrogen-bond acceptors (Lipinski definition) is 5. The van der Waals surface area contributed by atoms with Crippen molar-refractivity contribution in [2.24, 2.45) is 0 Å². The molecule has 0 fully saturated rings. The molecule has 0 bridgehead atoms. The molecule has 0 radical (unpaired) electrons. The Kier molecular flexibility index (Phi) is 4.55. The lowest BCUT2D eigenvalue weighted by Crippen LogP contribution is -1.93. The normalized spacial score (nSPS) is 11.2. The second-order valence-electron chi connectivity index (χ2n) is 4.76. The van der Waals surface area contributed by atoms with Gasteiger partial charge in [0.2, 0.25) is 0 Å². The fourth-order valence-electron chi connectivity index (χ4n) is 2.10. The van der Waals surface area contributed by atoms with Crippen molar-refractivity contribution in [2.45, 2.75) is 6.92 Å². The van der Waals surface area contributed by atoms with Crippen molar-refractivity contribution in [1.29, 1.82) is 5.26 Å². The highest BCUT2D eigenvalue weighted by atomic mass is 32.1. The number of fused-ring (bicyclic) bond motifs is 1. The van der Waals surface area contributed by atoms with Gasteiger partial charge in [-0.2, -0.15) is 5.26 Å². The number of thiazole rings is 1. The molecule has 0 spiro atoms. The summed E-state index contributed by atoms with van der Waals surface area (Å²) in [5.41, 5.74) is 2.32. The molecule has 5 heteroatoms. The molecule has 4 nitrogen and oxygen atoms in total. The van der Waals surface area contributed by atoms with E-state index in [1.807, 2.05) is 55.5 Å². The fraction of sp³-hybridized carbons (Fsp3) is 0.111. The van der Waals surface area contributed by atoms with Crippen LogP contribution in [0.3, 0.4) is 0 Å². The molecule has 0 unspecified atom stereocenters. The average Bonchev–Trinajstić information content (AvgIpc) is 3.01. The minimum Gasteiger partial charge on any atom is -0.494 e. The molecular weight excluding hydrogens is 306 g/mol. The Bertz CT molecular complexity index is 842. The van der Waals surface area contributed by atoms with Crippen molar-refractivity contribution in [3.63, 3.8) is 0 Å². The van der Waals surface area contributed by atoms with E-state index in [4.69, 9.17) is 4.74 Å². The summed E-state index contributed by atoms with van der Waals surface area (Å²) in [6.45, 7) is 2.59. The topological polar surface area (TPSA) is 57.9 Å². The largest absolute Gasteiger partial charge is 0.494 e. The maximum atomic E-state index is 9.39. The maximum Gasteiger partial charge on any atom is 0.136 e. The zero-order chi connectivity index (χ0) is 16.1. The van der Waals surface area contributed by atoms with Gasteiger partial charge in [0.25, 0.3) is 0 Å². The highest BCUT2D eigenvalue weighted by Crippen LogP contribution is 2.26. The molecule has 3 rings (SSSR count). The van der Waals surface area contributed by atoms with Crippen LogP contribution in [0.2, 0.25) is 0 Å². The first-order chi connectivity index (χ1) is 11.3. The Morgan fingerprint density at radius 3 is 2.74 bits per heavy atom. The highest BCUT2D eigenvalue weighted by Gasteiger charge is 2.08. The predicted octanol–water partition coefficient (Wildman–Crippen LogP) is 4.67. The number of ether oxygens (including phenoxy) is 1. The summed E-state index contributed by atoms with van der Waals surface area (Å²) >= 11 is 1.51. The van der Waals surface area contributed by atoms with Gasteiger partial charge in [0, 0.05) is 11.9 Å². The van der Waals surface area contributed by atoms with Gasteiger partial charge in [0.15, 0.2) is 0 Å². The van der Waals surface area contributed by atoms with E-state index in [1.165, 1.54) is 11.3 Å². The molecular formula is C18H15N3OS. The number of nitrogens with one attached hydrogen (secondary N) is 1. The fourth-order valence-corrected chi connectivity index (χ4v) is 3.03. The van der Waals surface area contributed by atoms with E-state index in [9.17, 15) is 5.26 Å². The van der Waals surface area contributed by atoms with E-state index in [1.54, 1.807) is 6.20 Å². The van der Waals surface area contributed by atoms with E-state index in [2.05, 4.69) is 16.4 Å². The number of nitriles is 1. The van der Waals surface area contributed by atoms with Crippen LogP contribution in [-0.4, -0.2) is 11.6 Å². The van der Waals surface area contributed by atoms with E-state index in [-0.39, 0.29) is 0 Å². The van der Waals surface area contributed by atoms with Crippen molar-refractivity contribution in [1.82, 2.24) is 4.98 Å². The van der Waals surface area contributed by atoms with Crippen molar-refractivity contribution in [3.05, 3.63) is 59.7 Å². The number of hydrogen-bond donors (Lipinski definition) is 1. The van der Waals surface area contributed by atoms with E-state index < -0.39 is 0 Å². The van der Waals surface area contributed by atoms with Crippen LogP contribution in [0.4, 0.5) is 5.69 Å². The molecule has 1 N–H and O–H groups in total. The van der Waals surface area contributed by atoms with Gasteiger partial charge in [-0.25, -0.2) is 4.98 Å². The molecule has 0 atom stereocenters. The summed E-state index contributed by atoms with van der Waals surface area (Å²) < 4.78 is 6.48. The summed E-state index contributed by atoms with van der Waals surface area (Å²) in [7, 11) is 0. The van der Waals surface area contributed by atoms with Crippen LogP contribution in [0.5, 0.6) is 5.75 Å². The molecule has 0 aliphatic rings.